The number of sulfonamides is 1. The maximum Gasteiger partial charge on any atom is 0.246 e. The molecule has 3 aromatic carbocycles. The number of para-hydroxylation sites is 2. The number of fused-ring (bicyclic) bond motifs is 1. The molecule has 0 bridgehead atoms. The van der Waals surface area contributed by atoms with Crippen LogP contribution < -0.4 is 14.4 Å². The van der Waals surface area contributed by atoms with E-state index in [1.54, 1.807) is 22.5 Å². The number of hydrogen-bond acceptors (Lipinski definition) is 8. The van der Waals surface area contributed by atoms with Crippen molar-refractivity contribution in [3.05, 3.63) is 78.4 Å². The first-order valence-electron chi connectivity index (χ1n) is 16.7. The van der Waals surface area contributed by atoms with Crippen LogP contribution in [0, 0.1) is 0 Å². The number of anilines is 1. The fraction of sp³-hybridized carbons (Fsp3) is 0.472. The van der Waals surface area contributed by atoms with Crippen molar-refractivity contribution in [2.45, 2.75) is 43.0 Å². The molecule has 0 saturated carbocycles. The Morgan fingerprint density at radius 3 is 2.44 bits per heavy atom. The van der Waals surface area contributed by atoms with Crippen molar-refractivity contribution in [3.63, 3.8) is 0 Å². The van der Waals surface area contributed by atoms with Crippen LogP contribution in [-0.2, 0) is 26.7 Å². The van der Waals surface area contributed by atoms with Gasteiger partial charge in [-0.2, -0.15) is 4.31 Å². The average molecular weight is 698 g/mol. The lowest BCUT2D eigenvalue weighted by Gasteiger charge is -2.33. The van der Waals surface area contributed by atoms with Crippen molar-refractivity contribution < 1.29 is 22.6 Å². The molecule has 3 heterocycles. The van der Waals surface area contributed by atoms with Crippen LogP contribution in [0.5, 0.6) is 11.5 Å². The predicted molar refractivity (Wildman–Crippen MR) is 192 cm³/mol. The molecule has 0 radical (unpaired) electrons. The van der Waals surface area contributed by atoms with Gasteiger partial charge in [-0.3, -0.25) is 0 Å². The zero-order valence-electron chi connectivity index (χ0n) is 28.2. The van der Waals surface area contributed by atoms with Crippen LogP contribution in [0.1, 0.15) is 31.7 Å². The molecule has 10 nitrogen and oxygen atoms in total. The summed E-state index contributed by atoms with van der Waals surface area (Å²) in [4.78, 5) is 10.2. The molecule has 0 amide bonds. The van der Waals surface area contributed by atoms with Gasteiger partial charge in [0.2, 0.25) is 16.0 Å². The van der Waals surface area contributed by atoms with Gasteiger partial charge in [0.25, 0.3) is 0 Å². The van der Waals surface area contributed by atoms with Crippen molar-refractivity contribution >= 4 is 39.4 Å². The van der Waals surface area contributed by atoms with E-state index in [0.29, 0.717) is 37.8 Å². The second kappa shape index (κ2) is 15.9. The third-order valence-corrected chi connectivity index (χ3v) is 11.6. The lowest BCUT2D eigenvalue weighted by atomic mass is 9.77. The maximum atomic E-state index is 14.1. The smallest absolute Gasteiger partial charge is 0.246 e. The maximum absolute atomic E-state index is 14.1. The number of hydrogen-bond donors (Lipinski definition) is 0. The van der Waals surface area contributed by atoms with Crippen molar-refractivity contribution in [3.8, 4) is 11.5 Å². The van der Waals surface area contributed by atoms with Crippen molar-refractivity contribution in [2.24, 2.45) is 0 Å². The first-order chi connectivity index (χ1) is 22.9. The van der Waals surface area contributed by atoms with E-state index in [2.05, 4.69) is 56.8 Å². The third kappa shape index (κ3) is 7.45. The second-order valence-electron chi connectivity index (χ2n) is 12.4. The zero-order valence-corrected chi connectivity index (χ0v) is 29.8. The molecule has 1 aromatic heterocycles. The van der Waals surface area contributed by atoms with Crippen LogP contribution in [-0.4, -0.2) is 100 Å². The molecule has 2 aliphatic heterocycles. The molecule has 48 heavy (non-hydrogen) atoms. The molecule has 0 aliphatic carbocycles. The Morgan fingerprint density at radius 1 is 0.875 bits per heavy atom. The zero-order chi connectivity index (χ0) is 32.9. The van der Waals surface area contributed by atoms with Crippen molar-refractivity contribution in [2.75, 3.05) is 78.1 Å². The van der Waals surface area contributed by atoms with E-state index in [0.717, 1.165) is 75.5 Å². The normalized spacial score (nSPS) is 19.3. The monoisotopic (exact) mass is 697 g/mol. The number of halogens is 1. The molecule has 0 unspecified atom stereocenters. The minimum absolute atomic E-state index is 0. The highest BCUT2D eigenvalue weighted by atomic mass is 35.5. The minimum atomic E-state index is -3.81. The van der Waals surface area contributed by atoms with E-state index >= 15 is 0 Å². The van der Waals surface area contributed by atoms with Crippen LogP contribution in [0.25, 0.3) is 11.0 Å². The molecule has 6 rings (SSSR count). The van der Waals surface area contributed by atoms with Gasteiger partial charge in [0.1, 0.15) is 16.4 Å². The largest absolute Gasteiger partial charge is 0.497 e. The fourth-order valence-corrected chi connectivity index (χ4v) is 8.83. The predicted octanol–water partition coefficient (Wildman–Crippen LogP) is 5.45. The van der Waals surface area contributed by atoms with E-state index in [9.17, 15) is 8.42 Å². The summed E-state index contributed by atoms with van der Waals surface area (Å²) in [6.07, 6.45) is 2.65. The quantitative estimate of drug-likeness (QED) is 0.171. The van der Waals surface area contributed by atoms with Gasteiger partial charge in [0.15, 0.2) is 0 Å². The Hall–Kier alpha value is -3.35. The van der Waals surface area contributed by atoms with Crippen molar-refractivity contribution in [1.82, 2.24) is 18.8 Å². The van der Waals surface area contributed by atoms with E-state index in [1.807, 2.05) is 19.1 Å². The lowest BCUT2D eigenvalue weighted by molar-refractivity contribution is 0.140. The summed E-state index contributed by atoms with van der Waals surface area (Å²) < 4.78 is 48.6. The van der Waals surface area contributed by atoms with Crippen LogP contribution >= 0.6 is 12.4 Å². The van der Waals surface area contributed by atoms with Gasteiger partial charge >= 0.3 is 0 Å². The summed E-state index contributed by atoms with van der Waals surface area (Å²) in [5, 5.41) is 0. The summed E-state index contributed by atoms with van der Waals surface area (Å²) >= 11 is 0. The Bertz CT molecular complexity index is 1750. The fourth-order valence-electron chi connectivity index (χ4n) is 7.13. The molecule has 1 atom stereocenters. The van der Waals surface area contributed by atoms with Gasteiger partial charge in [-0.15, -0.1) is 12.4 Å². The van der Waals surface area contributed by atoms with Crippen LogP contribution in [0.4, 0.5) is 5.95 Å². The number of aromatic nitrogens is 2. The summed E-state index contributed by atoms with van der Waals surface area (Å²) in [6.45, 7) is 9.63. The Labute approximate surface area is 291 Å². The first-order valence-corrected chi connectivity index (χ1v) is 18.1. The number of imidazole rings is 1. The number of nitrogens with zero attached hydrogens (tertiary/aromatic N) is 5. The van der Waals surface area contributed by atoms with E-state index in [-0.39, 0.29) is 22.7 Å². The topological polar surface area (TPSA) is 89.4 Å². The number of methoxy groups -OCH3 is 2. The van der Waals surface area contributed by atoms with Gasteiger partial charge in [0, 0.05) is 57.4 Å². The SMILES string of the molecule is CCOCCn1c(N2CCCN(CC[C@]3(c4ccccc4)CCN(S(=O)(=O)c4cc(OC)ccc4OC)C3)CC2)nc2ccccc21.Cl. The highest BCUT2D eigenvalue weighted by molar-refractivity contribution is 7.89. The lowest BCUT2D eigenvalue weighted by Crippen LogP contribution is -2.39. The summed E-state index contributed by atoms with van der Waals surface area (Å²) in [7, 11) is -0.779. The Balaban J connectivity index is 0.00000451. The molecule has 0 N–H and O–H groups in total. The molecular weight excluding hydrogens is 650 g/mol. The molecule has 2 saturated heterocycles. The van der Waals surface area contributed by atoms with E-state index in [4.69, 9.17) is 19.2 Å². The van der Waals surface area contributed by atoms with Gasteiger partial charge < -0.3 is 28.6 Å². The van der Waals surface area contributed by atoms with Crippen LogP contribution in [0.15, 0.2) is 77.7 Å². The van der Waals surface area contributed by atoms with Gasteiger partial charge in [-0.05, 0) is 69.1 Å². The number of benzene rings is 3. The van der Waals surface area contributed by atoms with Crippen LogP contribution in [0.2, 0.25) is 0 Å². The van der Waals surface area contributed by atoms with Crippen molar-refractivity contribution in [1.29, 1.82) is 0 Å². The number of rotatable bonds is 13. The Kier molecular flexibility index (Phi) is 11.9. The molecule has 12 heteroatoms. The third-order valence-electron chi connectivity index (χ3n) is 9.77. The molecule has 2 fully saturated rings. The molecule has 4 aromatic rings. The average Bonchev–Trinajstić information content (AvgIpc) is 3.63. The standard InChI is InChI=1S/C36H47N5O5S.ClH/c1-4-46-26-25-41-32-14-9-8-13-31(32)37-35(41)39-20-10-19-38(23-24-39)21-17-36(29-11-6-5-7-12-29)18-22-40(28-36)47(42,43)34-27-30(44-2)15-16-33(34)45-3;/h5-9,11-16,27H,4,10,17-26,28H2,1-3H3;1H/t36-;/m0./s1. The minimum Gasteiger partial charge on any atom is -0.497 e. The Morgan fingerprint density at radius 2 is 1.67 bits per heavy atom. The van der Waals surface area contributed by atoms with Gasteiger partial charge in [-0.1, -0.05) is 42.5 Å². The number of ether oxygens (including phenoxy) is 3. The summed E-state index contributed by atoms with van der Waals surface area (Å²) in [5.41, 5.74) is 3.05. The van der Waals surface area contributed by atoms with Gasteiger partial charge in [0.05, 0.1) is 31.9 Å². The highest BCUT2D eigenvalue weighted by Crippen LogP contribution is 2.42. The van der Waals surface area contributed by atoms with Crippen LogP contribution in [0.3, 0.4) is 0 Å². The van der Waals surface area contributed by atoms with Gasteiger partial charge in [-0.25, -0.2) is 13.4 Å². The summed E-state index contributed by atoms with van der Waals surface area (Å²) in [5.74, 6) is 1.82. The van der Waals surface area contributed by atoms with E-state index in [1.165, 1.54) is 19.8 Å². The molecule has 0 spiro atoms. The highest BCUT2D eigenvalue weighted by Gasteiger charge is 2.45. The molecule has 2 aliphatic rings. The second-order valence-corrected chi connectivity index (χ2v) is 14.3. The first kappa shape index (κ1) is 35.9. The molecule has 260 valence electrons. The van der Waals surface area contributed by atoms with E-state index < -0.39 is 10.0 Å². The summed E-state index contributed by atoms with van der Waals surface area (Å²) in [6, 6.07) is 23.7. The molecular formula is C36H48ClN5O5S.